The van der Waals surface area contributed by atoms with E-state index in [9.17, 15) is 4.79 Å². The van der Waals surface area contributed by atoms with Gasteiger partial charge in [0.2, 0.25) is 0 Å². The fourth-order valence-corrected chi connectivity index (χ4v) is 2.97. The van der Waals surface area contributed by atoms with E-state index in [2.05, 4.69) is 33.9 Å². The van der Waals surface area contributed by atoms with Gasteiger partial charge < -0.3 is 4.43 Å². The van der Waals surface area contributed by atoms with Crippen molar-refractivity contribution < 1.29 is 9.22 Å². The Morgan fingerprint density at radius 2 is 1.74 bits per heavy atom. The summed E-state index contributed by atoms with van der Waals surface area (Å²) >= 11 is 0. The average Bonchev–Trinajstić information content (AvgIpc) is 2.27. The SMILES string of the molecule is CC(=O)C[C@H](O[Si](C)(C)C(C)(C)C)c1ccccc1. The zero-order valence-corrected chi connectivity index (χ0v) is 14.0. The molecule has 0 N–H and O–H groups in total. The second-order valence-electron chi connectivity index (χ2n) is 6.68. The van der Waals surface area contributed by atoms with Crippen molar-refractivity contribution in [2.24, 2.45) is 0 Å². The number of carbonyl (C=O) groups is 1. The van der Waals surface area contributed by atoms with Crippen molar-refractivity contribution in [2.45, 2.75) is 58.4 Å². The molecule has 0 spiro atoms. The van der Waals surface area contributed by atoms with Gasteiger partial charge in [-0.25, -0.2) is 0 Å². The molecule has 0 saturated heterocycles. The van der Waals surface area contributed by atoms with Gasteiger partial charge in [-0.2, -0.15) is 0 Å². The van der Waals surface area contributed by atoms with E-state index in [1.54, 1.807) is 6.92 Å². The summed E-state index contributed by atoms with van der Waals surface area (Å²) in [7, 11) is -1.87. The van der Waals surface area contributed by atoms with Crippen LogP contribution >= 0.6 is 0 Å². The van der Waals surface area contributed by atoms with E-state index in [0.717, 1.165) is 5.56 Å². The second kappa shape index (κ2) is 6.01. The number of benzene rings is 1. The molecule has 0 heterocycles. The molecule has 106 valence electrons. The molecule has 0 amide bonds. The number of ketones is 1. The normalized spacial score (nSPS) is 14.2. The first-order valence-electron chi connectivity index (χ1n) is 6.86. The molecule has 0 aliphatic rings. The topological polar surface area (TPSA) is 26.3 Å². The second-order valence-corrected chi connectivity index (χ2v) is 11.4. The summed E-state index contributed by atoms with van der Waals surface area (Å²) in [5.41, 5.74) is 1.10. The average molecular weight is 278 g/mol. The summed E-state index contributed by atoms with van der Waals surface area (Å²) in [4.78, 5) is 11.5. The van der Waals surface area contributed by atoms with Gasteiger partial charge in [-0.05, 0) is 30.6 Å². The highest BCUT2D eigenvalue weighted by Crippen LogP contribution is 2.40. The molecular formula is C16H26O2Si. The van der Waals surface area contributed by atoms with E-state index in [1.807, 2.05) is 30.3 Å². The van der Waals surface area contributed by atoms with Crippen molar-refractivity contribution in [3.63, 3.8) is 0 Å². The molecule has 1 rings (SSSR count). The first-order chi connectivity index (χ1) is 8.63. The zero-order valence-electron chi connectivity index (χ0n) is 13.0. The number of hydrogen-bond donors (Lipinski definition) is 0. The number of Topliss-reactive ketones (excluding diaryl/α,β-unsaturated/α-hetero) is 1. The van der Waals surface area contributed by atoms with Crippen LogP contribution in [0.5, 0.6) is 0 Å². The Kier molecular flexibility index (Phi) is 5.10. The molecule has 19 heavy (non-hydrogen) atoms. The summed E-state index contributed by atoms with van der Waals surface area (Å²) in [6.45, 7) is 12.7. The van der Waals surface area contributed by atoms with Crippen LogP contribution in [0, 0.1) is 0 Å². The minimum absolute atomic E-state index is 0.111. The van der Waals surface area contributed by atoms with Crippen LogP contribution < -0.4 is 0 Å². The summed E-state index contributed by atoms with van der Waals surface area (Å²) in [5.74, 6) is 0.174. The molecule has 0 fully saturated rings. The minimum Gasteiger partial charge on any atom is -0.409 e. The van der Waals surface area contributed by atoms with Gasteiger partial charge in [0.25, 0.3) is 0 Å². The van der Waals surface area contributed by atoms with Crippen molar-refractivity contribution in [1.29, 1.82) is 0 Å². The molecule has 1 atom stereocenters. The van der Waals surface area contributed by atoms with Gasteiger partial charge in [0.05, 0.1) is 6.10 Å². The van der Waals surface area contributed by atoms with E-state index in [4.69, 9.17) is 4.43 Å². The third kappa shape index (κ3) is 4.59. The molecule has 3 heteroatoms. The molecule has 1 aromatic rings. The standard InChI is InChI=1S/C16H26O2Si/c1-13(17)12-15(14-10-8-7-9-11-14)18-19(5,6)16(2,3)4/h7-11,15H,12H2,1-6H3/t15-/m0/s1. The summed E-state index contributed by atoms with van der Waals surface area (Å²) in [5, 5.41) is 0.150. The lowest BCUT2D eigenvalue weighted by Gasteiger charge is -2.39. The highest BCUT2D eigenvalue weighted by atomic mass is 28.4. The van der Waals surface area contributed by atoms with Crippen LogP contribution in [0.15, 0.2) is 30.3 Å². The predicted octanol–water partition coefficient (Wildman–Crippen LogP) is 4.73. The van der Waals surface area contributed by atoms with Gasteiger partial charge >= 0.3 is 0 Å². The number of hydrogen-bond acceptors (Lipinski definition) is 2. The molecule has 0 aliphatic heterocycles. The predicted molar refractivity (Wildman–Crippen MR) is 82.8 cm³/mol. The van der Waals surface area contributed by atoms with E-state index >= 15 is 0 Å². The van der Waals surface area contributed by atoms with E-state index < -0.39 is 8.32 Å². The lowest BCUT2D eigenvalue weighted by atomic mass is 10.1. The van der Waals surface area contributed by atoms with E-state index in [0.29, 0.717) is 6.42 Å². The fourth-order valence-electron chi connectivity index (χ4n) is 1.69. The Labute approximate surface area is 118 Å². The van der Waals surface area contributed by atoms with Crippen LogP contribution in [0.25, 0.3) is 0 Å². The van der Waals surface area contributed by atoms with Gasteiger partial charge in [-0.15, -0.1) is 0 Å². The fraction of sp³-hybridized carbons (Fsp3) is 0.562. The first kappa shape index (κ1) is 16.1. The molecular weight excluding hydrogens is 252 g/mol. The smallest absolute Gasteiger partial charge is 0.192 e. The Balaban J connectivity index is 2.97. The lowest BCUT2D eigenvalue weighted by Crippen LogP contribution is -2.42. The first-order valence-corrected chi connectivity index (χ1v) is 9.76. The maximum atomic E-state index is 11.5. The van der Waals surface area contributed by atoms with Crippen molar-refractivity contribution in [3.05, 3.63) is 35.9 Å². The van der Waals surface area contributed by atoms with Crippen LogP contribution in [-0.4, -0.2) is 14.1 Å². The molecule has 2 nitrogen and oxygen atoms in total. The summed E-state index contributed by atoms with van der Waals surface area (Å²) in [6, 6.07) is 10.1. The van der Waals surface area contributed by atoms with E-state index in [1.165, 1.54) is 0 Å². The Morgan fingerprint density at radius 3 is 2.16 bits per heavy atom. The monoisotopic (exact) mass is 278 g/mol. The Bertz CT molecular complexity index is 418. The van der Waals surface area contributed by atoms with Gasteiger partial charge in [0.1, 0.15) is 5.78 Å². The number of carbonyl (C=O) groups excluding carboxylic acids is 1. The van der Waals surface area contributed by atoms with Crippen molar-refractivity contribution in [1.82, 2.24) is 0 Å². The molecule has 0 aliphatic carbocycles. The molecule has 0 aromatic heterocycles. The molecule has 0 saturated carbocycles. The summed E-state index contributed by atoms with van der Waals surface area (Å²) < 4.78 is 6.42. The van der Waals surface area contributed by atoms with E-state index in [-0.39, 0.29) is 16.9 Å². The van der Waals surface area contributed by atoms with Gasteiger partial charge in [0, 0.05) is 6.42 Å². The van der Waals surface area contributed by atoms with Gasteiger partial charge in [0.15, 0.2) is 8.32 Å². The van der Waals surface area contributed by atoms with Crippen LogP contribution in [0.4, 0.5) is 0 Å². The third-order valence-corrected chi connectivity index (χ3v) is 8.37. The molecule has 1 aromatic carbocycles. The molecule has 0 unspecified atom stereocenters. The van der Waals surface area contributed by atoms with Gasteiger partial charge in [-0.1, -0.05) is 51.1 Å². The van der Waals surface area contributed by atoms with Crippen LogP contribution in [0.2, 0.25) is 18.1 Å². The van der Waals surface area contributed by atoms with Crippen molar-refractivity contribution in [2.75, 3.05) is 0 Å². The quantitative estimate of drug-likeness (QED) is 0.728. The van der Waals surface area contributed by atoms with Crippen molar-refractivity contribution in [3.8, 4) is 0 Å². The van der Waals surface area contributed by atoms with Crippen LogP contribution in [0.1, 0.15) is 45.8 Å². The van der Waals surface area contributed by atoms with Crippen LogP contribution in [-0.2, 0) is 9.22 Å². The van der Waals surface area contributed by atoms with Gasteiger partial charge in [-0.3, -0.25) is 4.79 Å². The van der Waals surface area contributed by atoms with Crippen LogP contribution in [0.3, 0.4) is 0 Å². The Morgan fingerprint density at radius 1 is 1.21 bits per heavy atom. The number of rotatable bonds is 5. The molecule has 0 bridgehead atoms. The van der Waals surface area contributed by atoms with Crippen molar-refractivity contribution >= 4 is 14.1 Å². The zero-order chi connectivity index (χ0) is 14.7. The minimum atomic E-state index is -1.87. The lowest BCUT2D eigenvalue weighted by molar-refractivity contribution is -0.118. The highest BCUT2D eigenvalue weighted by molar-refractivity contribution is 6.74. The maximum Gasteiger partial charge on any atom is 0.192 e. The highest BCUT2D eigenvalue weighted by Gasteiger charge is 2.39. The largest absolute Gasteiger partial charge is 0.409 e. The third-order valence-electron chi connectivity index (χ3n) is 3.89. The maximum absolute atomic E-state index is 11.5. The summed E-state index contributed by atoms with van der Waals surface area (Å²) in [6.07, 6.45) is 0.343. The molecule has 0 radical (unpaired) electrons. The Hall–Kier alpha value is -0.933.